The zero-order valence-electron chi connectivity index (χ0n) is 6.38. The first-order valence-electron chi connectivity index (χ1n) is 3.41. The van der Waals surface area contributed by atoms with Crippen LogP contribution in [0.4, 0.5) is 0 Å². The van der Waals surface area contributed by atoms with Crippen LogP contribution in [0.15, 0.2) is 24.3 Å². The second-order valence-corrected chi connectivity index (χ2v) is 2.86. The molecule has 0 aliphatic carbocycles. The second kappa shape index (κ2) is 4.39. The molecule has 1 aromatic rings. The summed E-state index contributed by atoms with van der Waals surface area (Å²) in [5.74, 6) is 0.914. The summed E-state index contributed by atoms with van der Waals surface area (Å²) >= 11 is 3.27. The summed E-state index contributed by atoms with van der Waals surface area (Å²) in [6, 6.07) is 8.03. The van der Waals surface area contributed by atoms with Gasteiger partial charge in [0.2, 0.25) is 0 Å². The van der Waals surface area contributed by atoms with Crippen LogP contribution < -0.4 is 4.74 Å². The zero-order valence-corrected chi connectivity index (χ0v) is 7.97. The monoisotopic (exact) mass is 213 g/mol. The van der Waals surface area contributed by atoms with Gasteiger partial charge in [-0.05, 0) is 24.1 Å². The summed E-state index contributed by atoms with van der Waals surface area (Å²) in [5, 5.41) is 1.95. The molecule has 0 saturated heterocycles. The van der Waals surface area contributed by atoms with Crippen molar-refractivity contribution in [3.63, 3.8) is 0 Å². The first-order valence-corrected chi connectivity index (χ1v) is 4.33. The number of rotatable bonds is 3. The maximum absolute atomic E-state index is 5.07. The smallest absolute Gasteiger partial charge is 0.119 e. The average molecular weight is 214 g/mol. The van der Waals surface area contributed by atoms with Crippen molar-refractivity contribution in [3.05, 3.63) is 35.2 Å². The summed E-state index contributed by atoms with van der Waals surface area (Å²) in [6.45, 7) is 0. The molecule has 1 aromatic carbocycles. The third-order valence-corrected chi connectivity index (χ3v) is 1.77. The van der Waals surface area contributed by atoms with Crippen molar-refractivity contribution < 1.29 is 4.74 Å². The van der Waals surface area contributed by atoms with Gasteiger partial charge in [-0.3, -0.25) is 0 Å². The summed E-state index contributed by atoms with van der Waals surface area (Å²) in [5.41, 5.74) is 1.25. The number of halogens is 1. The van der Waals surface area contributed by atoms with Gasteiger partial charge in [-0.25, -0.2) is 0 Å². The van der Waals surface area contributed by atoms with E-state index in [1.165, 1.54) is 5.56 Å². The lowest BCUT2D eigenvalue weighted by Crippen LogP contribution is -1.85. The van der Waals surface area contributed by atoms with Gasteiger partial charge in [0.25, 0.3) is 0 Å². The Bertz CT molecular complexity index is 223. The van der Waals surface area contributed by atoms with Crippen LogP contribution in [0.25, 0.3) is 0 Å². The first kappa shape index (κ1) is 8.60. The lowest BCUT2D eigenvalue weighted by molar-refractivity contribution is 0.414. The van der Waals surface area contributed by atoms with Crippen LogP contribution in [0.3, 0.4) is 0 Å². The minimum atomic E-state index is 0.914. The predicted molar refractivity (Wildman–Crippen MR) is 49.9 cm³/mol. The van der Waals surface area contributed by atoms with Crippen molar-refractivity contribution in [1.29, 1.82) is 0 Å². The quantitative estimate of drug-likeness (QED) is 0.751. The highest BCUT2D eigenvalue weighted by Crippen LogP contribution is 2.14. The van der Waals surface area contributed by atoms with Crippen LogP contribution in [0.2, 0.25) is 0 Å². The molecule has 0 N–H and O–H groups in total. The van der Waals surface area contributed by atoms with Gasteiger partial charge in [-0.2, -0.15) is 0 Å². The van der Waals surface area contributed by atoms with E-state index in [0.29, 0.717) is 0 Å². The predicted octanol–water partition coefficient (Wildman–Crippen LogP) is 2.79. The van der Waals surface area contributed by atoms with Gasteiger partial charge < -0.3 is 4.74 Å². The molecule has 0 atom stereocenters. The van der Waals surface area contributed by atoms with E-state index in [2.05, 4.69) is 22.0 Å². The molecule has 0 aromatic heterocycles. The standard InChI is InChI=1S/C9H10BrO/c1-11-9-4-2-3-8(7-9)5-6-10/h2-4,6-7H,5H2,1H3. The van der Waals surface area contributed by atoms with E-state index in [1.807, 2.05) is 23.5 Å². The van der Waals surface area contributed by atoms with Crippen molar-refractivity contribution in [2.24, 2.45) is 0 Å². The SMILES string of the molecule is COc1cccc(C[CH]Br)c1. The van der Waals surface area contributed by atoms with Crippen molar-refractivity contribution >= 4 is 15.9 Å². The van der Waals surface area contributed by atoms with E-state index in [0.717, 1.165) is 12.2 Å². The van der Waals surface area contributed by atoms with Gasteiger partial charge in [0, 0.05) is 5.33 Å². The van der Waals surface area contributed by atoms with E-state index >= 15 is 0 Å². The molecule has 0 aliphatic rings. The Morgan fingerprint density at radius 1 is 1.55 bits per heavy atom. The van der Waals surface area contributed by atoms with Crippen molar-refractivity contribution in [2.75, 3.05) is 7.11 Å². The second-order valence-electron chi connectivity index (χ2n) is 2.21. The molecule has 1 nitrogen and oxygen atoms in total. The number of methoxy groups -OCH3 is 1. The fourth-order valence-electron chi connectivity index (χ4n) is 0.889. The van der Waals surface area contributed by atoms with Gasteiger partial charge >= 0.3 is 0 Å². The van der Waals surface area contributed by atoms with E-state index in [4.69, 9.17) is 4.74 Å². The highest BCUT2D eigenvalue weighted by Gasteiger charge is 1.93. The molecule has 0 saturated carbocycles. The summed E-state index contributed by atoms with van der Waals surface area (Å²) in [6.07, 6.45) is 0.928. The number of ether oxygens (including phenoxy) is 1. The number of benzene rings is 1. The van der Waals surface area contributed by atoms with E-state index in [-0.39, 0.29) is 0 Å². The molecule has 0 amide bonds. The summed E-state index contributed by atoms with van der Waals surface area (Å²) < 4.78 is 5.07. The van der Waals surface area contributed by atoms with E-state index in [9.17, 15) is 0 Å². The lowest BCUT2D eigenvalue weighted by Gasteiger charge is -2.01. The first-order chi connectivity index (χ1) is 5.36. The molecule has 2 heteroatoms. The molecule has 0 spiro atoms. The largest absolute Gasteiger partial charge is 0.497 e. The Hall–Kier alpha value is -0.500. The molecule has 1 rings (SSSR count). The maximum atomic E-state index is 5.07. The molecule has 59 valence electrons. The molecule has 1 radical (unpaired) electrons. The third-order valence-electron chi connectivity index (χ3n) is 1.45. The normalized spacial score (nSPS) is 9.64. The van der Waals surface area contributed by atoms with Crippen LogP contribution in [0.1, 0.15) is 5.56 Å². The van der Waals surface area contributed by atoms with Gasteiger partial charge in [-0.1, -0.05) is 28.1 Å². The molecular weight excluding hydrogens is 204 g/mol. The Kier molecular flexibility index (Phi) is 3.43. The van der Waals surface area contributed by atoms with Gasteiger partial charge in [0.15, 0.2) is 0 Å². The van der Waals surface area contributed by atoms with Crippen LogP contribution in [-0.2, 0) is 6.42 Å². The van der Waals surface area contributed by atoms with Gasteiger partial charge in [0.1, 0.15) is 5.75 Å². The van der Waals surface area contributed by atoms with Gasteiger partial charge in [-0.15, -0.1) is 0 Å². The Balaban J connectivity index is 2.74. The average Bonchev–Trinajstić information content (AvgIpc) is 2.06. The molecule has 0 unspecified atom stereocenters. The van der Waals surface area contributed by atoms with Crippen molar-refractivity contribution in [2.45, 2.75) is 6.42 Å². The molecular formula is C9H10BrO. The fourth-order valence-corrected chi connectivity index (χ4v) is 1.26. The Labute approximate surface area is 75.5 Å². The van der Waals surface area contributed by atoms with Crippen LogP contribution in [0, 0.1) is 5.33 Å². The third kappa shape index (κ3) is 2.54. The Morgan fingerprint density at radius 2 is 2.36 bits per heavy atom. The molecule has 11 heavy (non-hydrogen) atoms. The van der Waals surface area contributed by atoms with E-state index in [1.54, 1.807) is 7.11 Å². The van der Waals surface area contributed by atoms with Crippen molar-refractivity contribution in [3.8, 4) is 5.75 Å². The fraction of sp³-hybridized carbons (Fsp3) is 0.222. The molecule has 0 bridgehead atoms. The molecule has 0 heterocycles. The van der Waals surface area contributed by atoms with Crippen molar-refractivity contribution in [1.82, 2.24) is 0 Å². The Morgan fingerprint density at radius 3 is 3.00 bits per heavy atom. The lowest BCUT2D eigenvalue weighted by atomic mass is 10.2. The number of hydrogen-bond donors (Lipinski definition) is 0. The zero-order chi connectivity index (χ0) is 8.10. The maximum Gasteiger partial charge on any atom is 0.119 e. The summed E-state index contributed by atoms with van der Waals surface area (Å²) in [4.78, 5) is 0. The van der Waals surface area contributed by atoms with Crippen LogP contribution >= 0.6 is 15.9 Å². The van der Waals surface area contributed by atoms with Crippen LogP contribution in [0.5, 0.6) is 5.75 Å². The molecule has 0 fully saturated rings. The van der Waals surface area contributed by atoms with Gasteiger partial charge in [0.05, 0.1) is 7.11 Å². The summed E-state index contributed by atoms with van der Waals surface area (Å²) in [7, 11) is 1.68. The number of hydrogen-bond acceptors (Lipinski definition) is 1. The minimum Gasteiger partial charge on any atom is -0.497 e. The topological polar surface area (TPSA) is 9.23 Å². The van der Waals surface area contributed by atoms with Crippen LogP contribution in [-0.4, -0.2) is 7.11 Å². The minimum absolute atomic E-state index is 0.914. The molecule has 0 aliphatic heterocycles. The van der Waals surface area contributed by atoms with E-state index < -0.39 is 0 Å². The highest BCUT2D eigenvalue weighted by molar-refractivity contribution is 9.10. The highest BCUT2D eigenvalue weighted by atomic mass is 79.9.